The largest absolute Gasteiger partial charge is 0.388 e. The van der Waals surface area contributed by atoms with Crippen molar-refractivity contribution in [3.63, 3.8) is 0 Å². The van der Waals surface area contributed by atoms with Crippen LogP contribution in [0, 0.1) is 0 Å². The zero-order valence-electron chi connectivity index (χ0n) is 18.8. The maximum absolute atomic E-state index is 11.5. The second-order valence-corrected chi connectivity index (χ2v) is 7.07. The highest BCUT2D eigenvalue weighted by Gasteiger charge is 2.19. The predicted octanol–water partition coefficient (Wildman–Crippen LogP) is 3.19. The molecule has 2 heterocycles. The number of amides is 2. The van der Waals surface area contributed by atoms with E-state index in [4.69, 9.17) is 30.6 Å². The van der Waals surface area contributed by atoms with Crippen molar-refractivity contribution < 1.29 is 28.6 Å². The Morgan fingerprint density at radius 1 is 1.06 bits per heavy atom. The first-order valence-corrected chi connectivity index (χ1v) is 10.5. The Bertz CT molecular complexity index is 814. The summed E-state index contributed by atoms with van der Waals surface area (Å²) in [6.07, 6.45) is 0.944. The minimum atomic E-state index is -0.0395. The highest BCUT2D eigenvalue weighted by atomic mass is 35.5. The Balaban J connectivity index is 0.000000269. The molecule has 2 saturated heterocycles. The third kappa shape index (κ3) is 10.9. The van der Waals surface area contributed by atoms with Crippen molar-refractivity contribution in [2.75, 3.05) is 55.7 Å². The van der Waals surface area contributed by atoms with E-state index in [2.05, 4.69) is 10.6 Å². The van der Waals surface area contributed by atoms with Crippen LogP contribution < -0.4 is 15.5 Å². The number of benzene rings is 2. The average molecular weight is 480 g/mol. The maximum Gasteiger partial charge on any atom is 0.253 e. The summed E-state index contributed by atoms with van der Waals surface area (Å²) in [5.74, 6) is -0.0395. The van der Waals surface area contributed by atoms with Gasteiger partial charge >= 0.3 is 0 Å². The molecule has 0 spiro atoms. The van der Waals surface area contributed by atoms with Crippen molar-refractivity contribution in [1.29, 1.82) is 0 Å². The summed E-state index contributed by atoms with van der Waals surface area (Å²) < 4.78 is 14.8. The Morgan fingerprint density at radius 2 is 1.70 bits per heavy atom. The van der Waals surface area contributed by atoms with Crippen LogP contribution in [0.25, 0.3) is 0 Å². The van der Waals surface area contributed by atoms with Crippen molar-refractivity contribution in [2.45, 2.75) is 13.0 Å². The first kappa shape index (κ1) is 28.1. The van der Waals surface area contributed by atoms with Crippen LogP contribution in [0.2, 0.25) is 5.02 Å². The molecule has 33 heavy (non-hydrogen) atoms. The minimum Gasteiger partial charge on any atom is -0.388 e. The van der Waals surface area contributed by atoms with E-state index in [0.717, 1.165) is 23.0 Å². The molecule has 2 aliphatic heterocycles. The molecular weight excluding hydrogens is 450 g/mol. The number of ether oxygens (including phenoxy) is 3. The molecule has 2 aromatic rings. The van der Waals surface area contributed by atoms with Crippen LogP contribution in [0.15, 0.2) is 48.5 Å². The fraction of sp³-hybridized carbons (Fsp3) is 0.348. The fourth-order valence-corrected chi connectivity index (χ4v) is 2.77. The molecule has 0 bridgehead atoms. The van der Waals surface area contributed by atoms with E-state index in [-0.39, 0.29) is 12.5 Å². The van der Waals surface area contributed by atoms with Crippen LogP contribution in [0.4, 0.5) is 17.1 Å². The van der Waals surface area contributed by atoms with E-state index >= 15 is 0 Å². The van der Waals surface area contributed by atoms with E-state index in [1.807, 2.05) is 45.0 Å². The molecule has 0 aliphatic carbocycles. The third-order valence-corrected chi connectivity index (χ3v) is 4.56. The summed E-state index contributed by atoms with van der Waals surface area (Å²) in [6.45, 7) is 6.50. The van der Waals surface area contributed by atoms with Gasteiger partial charge in [0.25, 0.3) is 5.91 Å². The number of morpholine rings is 1. The zero-order chi connectivity index (χ0) is 24.5. The molecule has 0 radical (unpaired) electrons. The number of hydrogen-bond donors (Lipinski definition) is 2. The molecule has 4 rings (SSSR count). The normalized spacial score (nSPS) is 16.6. The first-order valence-electron chi connectivity index (χ1n) is 10.1. The Kier molecular flexibility index (Phi) is 14.1. The Morgan fingerprint density at radius 3 is 2.15 bits per heavy atom. The summed E-state index contributed by atoms with van der Waals surface area (Å²) in [4.78, 5) is 31.4. The summed E-state index contributed by atoms with van der Waals surface area (Å²) in [5.41, 5.74) is 2.61. The lowest BCUT2D eigenvalue weighted by Gasteiger charge is -2.26. The van der Waals surface area contributed by atoms with Crippen molar-refractivity contribution in [1.82, 2.24) is 0 Å². The number of carbonyl (C=O) groups is 3. The molecule has 2 aliphatic rings. The molecule has 2 amide bonds. The van der Waals surface area contributed by atoms with Gasteiger partial charge in [-0.3, -0.25) is 9.59 Å². The maximum atomic E-state index is 11.5. The van der Waals surface area contributed by atoms with Crippen molar-refractivity contribution in [2.24, 2.45) is 0 Å². The summed E-state index contributed by atoms with van der Waals surface area (Å²) in [5, 5.41) is 6.31. The second kappa shape index (κ2) is 16.6. The number of rotatable bonds is 4. The number of hydrogen-bond acceptors (Lipinski definition) is 7. The van der Waals surface area contributed by atoms with E-state index in [0.29, 0.717) is 38.1 Å². The lowest BCUT2D eigenvalue weighted by Crippen LogP contribution is -2.41. The van der Waals surface area contributed by atoms with Gasteiger partial charge in [0.05, 0.1) is 19.3 Å². The molecule has 0 saturated carbocycles. The molecule has 1 atom stereocenters. The van der Waals surface area contributed by atoms with Gasteiger partial charge in [0.15, 0.2) is 0 Å². The van der Waals surface area contributed by atoms with Gasteiger partial charge in [-0.05, 0) is 55.5 Å². The van der Waals surface area contributed by atoms with Gasteiger partial charge in [-0.15, -0.1) is 0 Å². The van der Waals surface area contributed by atoms with Gasteiger partial charge in [-0.25, -0.2) is 0 Å². The molecule has 0 aromatic heterocycles. The second-order valence-electron chi connectivity index (χ2n) is 6.63. The minimum absolute atomic E-state index is 0.0395. The molecule has 9 nitrogen and oxygen atoms in total. The summed E-state index contributed by atoms with van der Waals surface area (Å²) in [7, 11) is 1.88. The lowest BCUT2D eigenvalue weighted by molar-refractivity contribution is -0.125. The molecule has 180 valence electrons. The van der Waals surface area contributed by atoms with Gasteiger partial charge in [0.1, 0.15) is 20.2 Å². The predicted molar refractivity (Wildman–Crippen MR) is 129 cm³/mol. The molecule has 2 N–H and O–H groups in total. The monoisotopic (exact) mass is 479 g/mol. The van der Waals surface area contributed by atoms with Crippen LogP contribution in [-0.4, -0.2) is 65.4 Å². The van der Waals surface area contributed by atoms with Crippen molar-refractivity contribution >= 4 is 47.8 Å². The number of halogens is 1. The number of nitrogens with zero attached hydrogens (tertiary/aromatic N) is 1. The van der Waals surface area contributed by atoms with E-state index in [1.54, 1.807) is 29.2 Å². The quantitative estimate of drug-likeness (QED) is 0.648. The van der Waals surface area contributed by atoms with Gasteiger partial charge < -0.3 is 34.5 Å². The van der Waals surface area contributed by atoms with Crippen molar-refractivity contribution in [3.05, 3.63) is 53.6 Å². The van der Waals surface area contributed by atoms with Crippen molar-refractivity contribution in [3.8, 4) is 0 Å². The highest BCUT2D eigenvalue weighted by Crippen LogP contribution is 2.19. The average Bonchev–Trinajstić information content (AvgIpc) is 3.34. The molecule has 2 fully saturated rings. The molecule has 2 aromatic carbocycles. The standard InChI is InChI=1S/C11H12N2O3.C7H8ClN.C4H8O2.CH2O/c14-8-12-9-1-3-10(4-2-9)13-5-6-16-7-11(13)15;1-9-7-4-2-6(8)3-5-7;1-4-2-5-3-6-4;1-2/h1-4,8H,5-7H2,(H,12,14);2-5,9H,1H3;4H,2-3H2,1H3;1H2. The van der Waals surface area contributed by atoms with Crippen LogP contribution >= 0.6 is 11.6 Å². The number of carbonyl (C=O) groups excluding carboxylic acids is 3. The van der Waals surface area contributed by atoms with E-state index in [9.17, 15) is 9.59 Å². The van der Waals surface area contributed by atoms with Gasteiger partial charge in [-0.2, -0.15) is 0 Å². The van der Waals surface area contributed by atoms with Gasteiger partial charge in [0, 0.05) is 35.7 Å². The van der Waals surface area contributed by atoms with Crippen LogP contribution in [-0.2, 0) is 28.6 Å². The van der Waals surface area contributed by atoms with Crippen LogP contribution in [0.5, 0.6) is 0 Å². The molecule has 10 heteroatoms. The molecule has 1 unspecified atom stereocenters. The van der Waals surface area contributed by atoms with Gasteiger partial charge in [0.2, 0.25) is 6.41 Å². The topological polar surface area (TPSA) is 106 Å². The van der Waals surface area contributed by atoms with Crippen LogP contribution in [0.1, 0.15) is 6.92 Å². The van der Waals surface area contributed by atoms with Gasteiger partial charge in [-0.1, -0.05) is 11.6 Å². The number of anilines is 3. The summed E-state index contributed by atoms with van der Waals surface area (Å²) >= 11 is 5.64. The summed E-state index contributed by atoms with van der Waals surface area (Å²) in [6, 6.07) is 14.7. The highest BCUT2D eigenvalue weighted by molar-refractivity contribution is 6.30. The molecular formula is C23H30ClN3O6. The SMILES string of the molecule is C=O.CC1COCO1.CNc1ccc(Cl)cc1.O=CNc1ccc(N2CCOCC2=O)cc1. The zero-order valence-corrected chi connectivity index (χ0v) is 19.5. The van der Waals surface area contributed by atoms with E-state index < -0.39 is 0 Å². The van der Waals surface area contributed by atoms with E-state index in [1.165, 1.54) is 0 Å². The smallest absolute Gasteiger partial charge is 0.253 e. The Labute approximate surface area is 198 Å². The number of nitrogens with one attached hydrogen (secondary N) is 2. The third-order valence-electron chi connectivity index (χ3n) is 4.31. The Hall–Kier alpha value is -2.98. The fourth-order valence-electron chi connectivity index (χ4n) is 2.64. The first-order chi connectivity index (χ1) is 16.0. The lowest BCUT2D eigenvalue weighted by atomic mass is 10.2. The van der Waals surface area contributed by atoms with Crippen LogP contribution in [0.3, 0.4) is 0 Å².